The topological polar surface area (TPSA) is 233 Å². The molecule has 0 unspecified atom stereocenters. The predicted molar refractivity (Wildman–Crippen MR) is 266 cm³/mol. The van der Waals surface area contributed by atoms with Crippen LogP contribution in [0, 0.1) is 32.4 Å². The maximum atomic E-state index is 15.1. The first-order chi connectivity index (χ1) is 33.7. The van der Waals surface area contributed by atoms with Gasteiger partial charge in [-0.25, -0.2) is 28.5 Å². The van der Waals surface area contributed by atoms with E-state index in [1.165, 1.54) is 36.5 Å². The number of nitrogen functional groups attached to an aromatic ring is 1. The third-order valence-corrected chi connectivity index (χ3v) is 12.4. The van der Waals surface area contributed by atoms with Crippen LogP contribution in [0.2, 0.25) is 0 Å². The van der Waals surface area contributed by atoms with Gasteiger partial charge < -0.3 is 45.4 Å². The largest absolute Gasteiger partial charge is 0.509 e. The van der Waals surface area contributed by atoms with Crippen LogP contribution in [0.4, 0.5) is 37.0 Å². The normalized spacial score (nSPS) is 12.5. The molecule has 370 valence electrons. The number of nitrogens with zero attached hydrogens (tertiary/aromatic N) is 9. The number of likely N-dealkylation sites (N-methyl/N-ethyl adjacent to an activating group) is 2. The van der Waals surface area contributed by atoms with Crippen LogP contribution in [-0.4, -0.2) is 108 Å². The summed E-state index contributed by atoms with van der Waals surface area (Å²) in [7, 11) is 3.25. The molecule has 1 aliphatic carbocycles. The summed E-state index contributed by atoms with van der Waals surface area (Å²) in [6.45, 7) is 12.8. The van der Waals surface area contributed by atoms with Gasteiger partial charge in [-0.2, -0.15) is 19.6 Å². The smallest absolute Gasteiger partial charge is 0.486 e. The highest BCUT2D eigenvalue weighted by atomic mass is 79.9. The van der Waals surface area contributed by atoms with Gasteiger partial charge in [0.05, 0.1) is 46.9 Å². The number of imidazole rings is 1. The van der Waals surface area contributed by atoms with Crippen LogP contribution in [0.25, 0.3) is 27.9 Å². The lowest BCUT2D eigenvalue weighted by Gasteiger charge is -2.30. The van der Waals surface area contributed by atoms with Crippen molar-refractivity contribution in [2.75, 3.05) is 61.7 Å². The molecule has 3 aromatic carbocycles. The number of benzene rings is 3. The van der Waals surface area contributed by atoms with Gasteiger partial charge in [0, 0.05) is 30.9 Å². The van der Waals surface area contributed by atoms with Gasteiger partial charge in [0.25, 0.3) is 11.8 Å². The van der Waals surface area contributed by atoms with Crippen LogP contribution in [-0.2, 0) is 20.8 Å². The molecule has 8 rings (SSSR count). The first-order valence-corrected chi connectivity index (χ1v) is 23.3. The Bertz CT molecular complexity index is 3190. The highest BCUT2D eigenvalue weighted by Crippen LogP contribution is 2.41. The van der Waals surface area contributed by atoms with E-state index in [4.69, 9.17) is 29.9 Å². The Morgan fingerprint density at radius 2 is 1.79 bits per heavy atom. The predicted octanol–water partition coefficient (Wildman–Crippen LogP) is 8.21. The van der Waals surface area contributed by atoms with E-state index in [0.717, 1.165) is 46.6 Å². The molecule has 1 fully saturated rings. The quantitative estimate of drug-likeness (QED) is 0.0468. The summed E-state index contributed by atoms with van der Waals surface area (Å²) in [6, 6.07) is 10.9. The van der Waals surface area contributed by atoms with Crippen LogP contribution in [0.1, 0.15) is 71.0 Å². The van der Waals surface area contributed by atoms with Crippen molar-refractivity contribution < 1.29 is 37.4 Å². The molecule has 0 radical (unpaired) electrons. The molecular formula is C49H52BrF2N13O6. The lowest BCUT2D eigenvalue weighted by Crippen LogP contribution is -2.41. The lowest BCUT2D eigenvalue weighted by atomic mass is 10.0. The first kappa shape index (κ1) is 49.7. The number of anilines is 4. The Labute approximate surface area is 415 Å². The number of fused-ring (bicyclic) bond motifs is 2. The highest BCUT2D eigenvalue weighted by molar-refractivity contribution is 9.10. The zero-order valence-corrected chi connectivity index (χ0v) is 41.7. The second-order valence-electron chi connectivity index (χ2n) is 18.0. The standard InChI is InChI=1S/C49H52BrF2N13O6/c1-25-15-37-38(16-26(25)2)59-39(58-37)21-54-46-62-47(61-43-34(50)20-57-65(43)46)64(8)23-49(5,6)71-48(68)70-22-27(3)45(67)63(7)13-14-69-41-40(55-24-56-42(41)53)33-18-31(51)19-36(28(33)4)60-44(66)32-12-11-30(17-35(32)52)29-9-10-29/h11-12,15-20,24,29H,3,9-10,13-14,21-23H2,1-2,4-8H3,(H,58,59)(H,60,66)(H2,53,55,56)(H,54,61,62). The molecule has 4 heterocycles. The van der Waals surface area contributed by atoms with Crippen LogP contribution in [0.3, 0.4) is 0 Å². The number of ether oxygens (including phenoxy) is 3. The van der Waals surface area contributed by atoms with Gasteiger partial charge in [0.2, 0.25) is 11.9 Å². The molecular weight excluding hydrogens is 985 g/mol. The van der Waals surface area contributed by atoms with Crippen molar-refractivity contribution in [3.8, 4) is 17.0 Å². The van der Waals surface area contributed by atoms with Crippen molar-refractivity contribution in [3.05, 3.63) is 117 Å². The maximum absolute atomic E-state index is 15.1. The van der Waals surface area contributed by atoms with E-state index >= 15 is 4.39 Å². The molecule has 2 amide bonds. The van der Waals surface area contributed by atoms with Crippen molar-refractivity contribution in [3.63, 3.8) is 0 Å². The molecule has 0 aliphatic heterocycles. The van der Waals surface area contributed by atoms with E-state index in [1.807, 2.05) is 13.0 Å². The molecule has 4 aromatic heterocycles. The Morgan fingerprint density at radius 3 is 2.54 bits per heavy atom. The molecule has 19 nitrogen and oxygen atoms in total. The summed E-state index contributed by atoms with van der Waals surface area (Å²) in [5.74, 6) is -1.02. The average molecular weight is 1040 g/mol. The van der Waals surface area contributed by atoms with Crippen LogP contribution < -0.4 is 26.0 Å². The summed E-state index contributed by atoms with van der Waals surface area (Å²) < 4.78 is 49.3. The first-order valence-electron chi connectivity index (χ1n) is 22.5. The number of halogens is 3. The number of H-pyrrole nitrogens is 1. The number of carbonyl (C=O) groups excluding carboxylic acids is 3. The monoisotopic (exact) mass is 1040 g/mol. The molecule has 71 heavy (non-hydrogen) atoms. The number of hydrogen-bond donors (Lipinski definition) is 4. The summed E-state index contributed by atoms with van der Waals surface area (Å²) >= 11 is 3.52. The van der Waals surface area contributed by atoms with E-state index in [1.54, 1.807) is 49.5 Å². The summed E-state index contributed by atoms with van der Waals surface area (Å²) in [5, 5.41) is 10.3. The van der Waals surface area contributed by atoms with Crippen LogP contribution in [0.15, 0.2) is 71.6 Å². The van der Waals surface area contributed by atoms with Crippen molar-refractivity contribution in [2.24, 2.45) is 0 Å². The van der Waals surface area contributed by atoms with Crippen molar-refractivity contribution >= 4 is 74.0 Å². The molecule has 0 bridgehead atoms. The zero-order valence-electron chi connectivity index (χ0n) is 40.1. The van der Waals surface area contributed by atoms with Gasteiger partial charge in [-0.3, -0.25) is 9.59 Å². The van der Waals surface area contributed by atoms with E-state index in [9.17, 15) is 18.8 Å². The molecule has 0 spiro atoms. The fourth-order valence-corrected chi connectivity index (χ4v) is 8.19. The second-order valence-corrected chi connectivity index (χ2v) is 18.9. The van der Waals surface area contributed by atoms with Gasteiger partial charge in [-0.1, -0.05) is 12.6 Å². The Morgan fingerprint density at radius 1 is 1.03 bits per heavy atom. The number of carbonyl (C=O) groups is 3. The minimum Gasteiger partial charge on any atom is -0.486 e. The molecule has 1 saturated carbocycles. The molecule has 1 aliphatic rings. The van der Waals surface area contributed by atoms with Crippen LogP contribution >= 0.6 is 15.9 Å². The fourth-order valence-electron chi connectivity index (χ4n) is 7.84. The number of nitrogens with two attached hydrogens (primary N) is 1. The molecule has 5 N–H and O–H groups in total. The summed E-state index contributed by atoms with van der Waals surface area (Å²) in [6.07, 6.45) is 3.72. The number of aromatic nitrogens is 8. The van der Waals surface area contributed by atoms with Crippen LogP contribution in [0.5, 0.6) is 5.75 Å². The number of amides is 2. The highest BCUT2D eigenvalue weighted by Gasteiger charge is 2.29. The number of aryl methyl sites for hydroxylation is 2. The van der Waals surface area contributed by atoms with Crippen molar-refractivity contribution in [1.82, 2.24) is 44.4 Å². The second kappa shape index (κ2) is 20.3. The SMILES string of the molecule is C=C(COC(=O)OC(C)(C)CN(C)c1nc(NCc2nc3cc(C)c(C)cc3[nH]2)n2ncc(Br)c2n1)C(=O)N(C)CCOc1c(N)ncnc1-c1cc(F)cc(NC(=O)c2ccc(C3CC3)cc2F)c1C. The summed E-state index contributed by atoms with van der Waals surface area (Å²) in [4.78, 5) is 68.3. The fraction of sp³-hybridized carbons (Fsp3) is 0.327. The Balaban J connectivity index is 0.833. The molecule has 22 heteroatoms. The molecule has 7 aromatic rings. The Kier molecular flexibility index (Phi) is 14.2. The number of nitrogens with one attached hydrogen (secondary N) is 3. The zero-order chi connectivity index (χ0) is 50.9. The number of rotatable bonds is 18. The van der Waals surface area contributed by atoms with Gasteiger partial charge >= 0.3 is 6.16 Å². The van der Waals surface area contributed by atoms with Gasteiger partial charge in [0.15, 0.2) is 17.2 Å². The average Bonchev–Trinajstić information content (AvgIpc) is 4.00. The lowest BCUT2D eigenvalue weighted by molar-refractivity contribution is -0.126. The molecule has 0 atom stereocenters. The minimum absolute atomic E-state index is 0.00203. The summed E-state index contributed by atoms with van der Waals surface area (Å²) in [5.41, 5.74) is 11.1. The number of hydrogen-bond acceptors (Lipinski definition) is 15. The Hall–Kier alpha value is -7.75. The van der Waals surface area contributed by atoms with Gasteiger partial charge in [-0.05, 0) is 128 Å². The molecule has 0 saturated heterocycles. The third kappa shape index (κ3) is 11.3. The maximum Gasteiger partial charge on any atom is 0.509 e. The minimum atomic E-state index is -1.13. The van der Waals surface area contributed by atoms with Crippen molar-refractivity contribution in [1.29, 1.82) is 0 Å². The third-order valence-electron chi connectivity index (χ3n) is 11.9. The van der Waals surface area contributed by atoms with Gasteiger partial charge in [-0.15, -0.1) is 0 Å². The van der Waals surface area contributed by atoms with E-state index < -0.39 is 41.8 Å². The van der Waals surface area contributed by atoms with E-state index in [2.05, 4.69) is 71.2 Å². The van der Waals surface area contributed by atoms with E-state index in [0.29, 0.717) is 45.9 Å². The van der Waals surface area contributed by atoms with Crippen molar-refractivity contribution in [2.45, 2.75) is 65.5 Å². The number of aromatic amines is 1. The van der Waals surface area contributed by atoms with E-state index in [-0.39, 0.29) is 59.3 Å². The van der Waals surface area contributed by atoms with Gasteiger partial charge in [0.1, 0.15) is 48.3 Å².